The maximum absolute atomic E-state index is 12.5. The van der Waals surface area contributed by atoms with Crippen LogP contribution in [0.5, 0.6) is 0 Å². The van der Waals surface area contributed by atoms with Gasteiger partial charge >= 0.3 is 5.97 Å². The van der Waals surface area contributed by atoms with Gasteiger partial charge in [-0.1, -0.05) is 18.2 Å². The molecule has 1 amide bonds. The summed E-state index contributed by atoms with van der Waals surface area (Å²) in [6.07, 6.45) is 4.43. The van der Waals surface area contributed by atoms with E-state index in [9.17, 15) is 9.59 Å². The molecule has 26 heavy (non-hydrogen) atoms. The molecule has 1 aliphatic rings. The van der Waals surface area contributed by atoms with Gasteiger partial charge in [0.15, 0.2) is 0 Å². The Labute approximate surface area is 150 Å². The second kappa shape index (κ2) is 6.67. The normalized spacial score (nSPS) is 15.0. The summed E-state index contributed by atoms with van der Waals surface area (Å²) in [7, 11) is 1.32. The van der Waals surface area contributed by atoms with Crippen LogP contribution in [0.3, 0.4) is 0 Å². The Bertz CT molecular complexity index is 955. The van der Waals surface area contributed by atoms with Crippen molar-refractivity contribution in [1.82, 2.24) is 20.5 Å². The van der Waals surface area contributed by atoms with E-state index in [1.165, 1.54) is 7.11 Å². The number of amides is 1. The molecule has 134 valence electrons. The van der Waals surface area contributed by atoms with Crippen LogP contribution in [0.4, 0.5) is 0 Å². The number of aromatic nitrogens is 3. The fraction of sp³-hybridized carbons (Fsp3) is 0.316. The highest BCUT2D eigenvalue weighted by molar-refractivity contribution is 5.95. The van der Waals surface area contributed by atoms with Gasteiger partial charge in [0.1, 0.15) is 11.7 Å². The lowest BCUT2D eigenvalue weighted by Crippen LogP contribution is -2.43. The third-order valence-electron chi connectivity index (χ3n) is 4.74. The SMILES string of the molecule is COC(=O)C(Cc1c[nH]c2ccccc12)NC(=O)c1cc(C2CC2)[nH]n1. The largest absolute Gasteiger partial charge is 0.467 e. The van der Waals surface area contributed by atoms with Crippen molar-refractivity contribution in [2.24, 2.45) is 0 Å². The zero-order valence-corrected chi connectivity index (χ0v) is 14.4. The molecule has 0 spiro atoms. The number of hydrogen-bond donors (Lipinski definition) is 3. The van der Waals surface area contributed by atoms with E-state index in [0.29, 0.717) is 18.0 Å². The lowest BCUT2D eigenvalue weighted by atomic mass is 10.0. The number of nitrogens with one attached hydrogen (secondary N) is 3. The van der Waals surface area contributed by atoms with Crippen LogP contribution in [-0.2, 0) is 16.0 Å². The van der Waals surface area contributed by atoms with Crippen LogP contribution in [0.25, 0.3) is 10.9 Å². The summed E-state index contributed by atoms with van der Waals surface area (Å²) in [5, 5.41) is 10.7. The lowest BCUT2D eigenvalue weighted by molar-refractivity contribution is -0.142. The smallest absolute Gasteiger partial charge is 0.328 e. The van der Waals surface area contributed by atoms with Crippen molar-refractivity contribution < 1.29 is 14.3 Å². The van der Waals surface area contributed by atoms with Gasteiger partial charge in [-0.25, -0.2) is 4.79 Å². The molecule has 7 nitrogen and oxygen atoms in total. The molecular weight excluding hydrogens is 332 g/mol. The van der Waals surface area contributed by atoms with E-state index in [1.54, 1.807) is 6.07 Å². The van der Waals surface area contributed by atoms with Crippen molar-refractivity contribution in [1.29, 1.82) is 0 Å². The van der Waals surface area contributed by atoms with Crippen LogP contribution in [0, 0.1) is 0 Å². The average Bonchev–Trinajstić information content (AvgIpc) is 3.25. The highest BCUT2D eigenvalue weighted by atomic mass is 16.5. The summed E-state index contributed by atoms with van der Waals surface area (Å²) >= 11 is 0. The van der Waals surface area contributed by atoms with Crippen molar-refractivity contribution in [2.45, 2.75) is 31.2 Å². The molecule has 3 aromatic rings. The Morgan fingerprint density at radius 1 is 1.35 bits per heavy atom. The van der Waals surface area contributed by atoms with E-state index in [0.717, 1.165) is 35.0 Å². The first-order valence-corrected chi connectivity index (χ1v) is 8.64. The van der Waals surface area contributed by atoms with Crippen molar-refractivity contribution in [3.05, 3.63) is 53.5 Å². The number of benzene rings is 1. The number of nitrogens with zero attached hydrogens (tertiary/aromatic N) is 1. The molecule has 1 unspecified atom stereocenters. The number of esters is 1. The van der Waals surface area contributed by atoms with Gasteiger partial charge in [0, 0.05) is 35.1 Å². The summed E-state index contributed by atoms with van der Waals surface area (Å²) in [6.45, 7) is 0. The number of hydrogen-bond acceptors (Lipinski definition) is 4. The van der Waals surface area contributed by atoms with Gasteiger partial charge < -0.3 is 15.0 Å². The highest BCUT2D eigenvalue weighted by Gasteiger charge is 2.28. The number of methoxy groups -OCH3 is 1. The number of para-hydroxylation sites is 1. The molecule has 1 atom stereocenters. The monoisotopic (exact) mass is 352 g/mol. The molecule has 0 saturated heterocycles. The number of rotatable bonds is 6. The molecule has 1 aromatic carbocycles. The third-order valence-corrected chi connectivity index (χ3v) is 4.74. The topological polar surface area (TPSA) is 99.9 Å². The maximum atomic E-state index is 12.5. The molecule has 1 aliphatic carbocycles. The summed E-state index contributed by atoms with van der Waals surface area (Å²) in [5.41, 5.74) is 3.19. The Hall–Kier alpha value is -3.09. The Morgan fingerprint density at radius 3 is 2.92 bits per heavy atom. The molecular formula is C19H20N4O3. The number of ether oxygens (including phenoxy) is 1. The Kier molecular flexibility index (Phi) is 4.20. The Morgan fingerprint density at radius 2 is 2.15 bits per heavy atom. The molecule has 3 N–H and O–H groups in total. The van der Waals surface area contributed by atoms with E-state index < -0.39 is 12.0 Å². The summed E-state index contributed by atoms with van der Waals surface area (Å²) in [4.78, 5) is 27.9. The summed E-state index contributed by atoms with van der Waals surface area (Å²) in [5.74, 6) is -0.392. The second-order valence-corrected chi connectivity index (χ2v) is 6.60. The van der Waals surface area contributed by atoms with E-state index in [2.05, 4.69) is 20.5 Å². The minimum atomic E-state index is -0.784. The van der Waals surface area contributed by atoms with Gasteiger partial charge in [0.05, 0.1) is 7.11 Å². The first kappa shape index (κ1) is 16.4. The number of aromatic amines is 2. The molecule has 7 heteroatoms. The molecule has 2 aromatic heterocycles. The van der Waals surface area contributed by atoms with Crippen molar-refractivity contribution >= 4 is 22.8 Å². The quantitative estimate of drug-likeness (QED) is 0.593. The van der Waals surface area contributed by atoms with E-state index in [-0.39, 0.29) is 5.91 Å². The standard InChI is InChI=1S/C19H20N4O3/c1-26-19(25)17(8-12-10-20-14-5-3-2-4-13(12)14)21-18(24)16-9-15(22-23-16)11-6-7-11/h2-5,9-11,17,20H,6-8H2,1H3,(H,21,24)(H,22,23). The molecule has 4 rings (SSSR count). The molecule has 0 aliphatic heterocycles. The van der Waals surface area contributed by atoms with Crippen molar-refractivity contribution in [2.75, 3.05) is 7.11 Å². The van der Waals surface area contributed by atoms with Crippen LogP contribution >= 0.6 is 0 Å². The van der Waals surface area contributed by atoms with Crippen LogP contribution < -0.4 is 5.32 Å². The van der Waals surface area contributed by atoms with Crippen molar-refractivity contribution in [3.8, 4) is 0 Å². The minimum absolute atomic E-state index is 0.291. The second-order valence-electron chi connectivity index (χ2n) is 6.60. The number of fused-ring (bicyclic) bond motifs is 1. The van der Waals surface area contributed by atoms with E-state index >= 15 is 0 Å². The molecule has 1 fully saturated rings. The van der Waals surface area contributed by atoms with Crippen LogP contribution in [0.2, 0.25) is 0 Å². The van der Waals surface area contributed by atoms with Crippen LogP contribution in [0.15, 0.2) is 36.5 Å². The van der Waals surface area contributed by atoms with Gasteiger partial charge in [-0.05, 0) is 30.5 Å². The van der Waals surface area contributed by atoms with Gasteiger partial charge in [-0.2, -0.15) is 5.10 Å². The predicted molar refractivity (Wildman–Crippen MR) is 95.8 cm³/mol. The first-order valence-electron chi connectivity index (χ1n) is 8.64. The number of carbonyl (C=O) groups is 2. The average molecular weight is 352 g/mol. The first-order chi connectivity index (χ1) is 12.7. The van der Waals surface area contributed by atoms with Crippen molar-refractivity contribution in [3.63, 3.8) is 0 Å². The highest BCUT2D eigenvalue weighted by Crippen LogP contribution is 2.38. The maximum Gasteiger partial charge on any atom is 0.328 e. The van der Waals surface area contributed by atoms with Gasteiger partial charge in [0.25, 0.3) is 5.91 Å². The van der Waals surface area contributed by atoms with Gasteiger partial charge in [-0.15, -0.1) is 0 Å². The van der Waals surface area contributed by atoms with E-state index in [1.807, 2.05) is 30.5 Å². The van der Waals surface area contributed by atoms with Crippen LogP contribution in [0.1, 0.15) is 40.5 Å². The van der Waals surface area contributed by atoms with Gasteiger partial charge in [0.2, 0.25) is 0 Å². The fourth-order valence-electron chi connectivity index (χ4n) is 3.14. The fourth-order valence-corrected chi connectivity index (χ4v) is 3.14. The van der Waals surface area contributed by atoms with E-state index in [4.69, 9.17) is 4.74 Å². The number of H-pyrrole nitrogens is 2. The third kappa shape index (κ3) is 3.20. The minimum Gasteiger partial charge on any atom is -0.467 e. The van der Waals surface area contributed by atoms with Gasteiger partial charge in [-0.3, -0.25) is 9.89 Å². The predicted octanol–water partition coefficient (Wildman–Crippen LogP) is 2.28. The molecule has 0 radical (unpaired) electrons. The van der Waals surface area contributed by atoms with Crippen LogP contribution in [-0.4, -0.2) is 40.2 Å². The Balaban J connectivity index is 1.52. The zero-order valence-electron chi connectivity index (χ0n) is 14.4. The lowest BCUT2D eigenvalue weighted by Gasteiger charge is -2.15. The molecule has 1 saturated carbocycles. The summed E-state index contributed by atoms with van der Waals surface area (Å²) < 4.78 is 4.87. The molecule has 2 heterocycles. The number of carbonyl (C=O) groups excluding carboxylic acids is 2. The summed E-state index contributed by atoms with van der Waals surface area (Å²) in [6, 6.07) is 8.80. The molecule has 0 bridgehead atoms. The zero-order chi connectivity index (χ0) is 18.1.